The number of carbonyl (C=O) groups is 1. The van der Waals surface area contributed by atoms with Crippen LogP contribution in [-0.4, -0.2) is 33.7 Å². The lowest BCUT2D eigenvalue weighted by Gasteiger charge is -2.29. The minimum atomic E-state index is -3.25. The van der Waals surface area contributed by atoms with Crippen molar-refractivity contribution in [1.82, 2.24) is 4.72 Å². The Morgan fingerprint density at radius 3 is 2.29 bits per heavy atom. The molecular weight excluding hydrogens is 288 g/mol. The van der Waals surface area contributed by atoms with E-state index in [1.54, 1.807) is 4.90 Å². The van der Waals surface area contributed by atoms with E-state index in [1.807, 2.05) is 24.3 Å². The van der Waals surface area contributed by atoms with Crippen LogP contribution in [0.5, 0.6) is 0 Å². The summed E-state index contributed by atoms with van der Waals surface area (Å²) >= 11 is 0. The third-order valence-corrected chi connectivity index (χ3v) is 3.81. The lowest BCUT2D eigenvalue weighted by molar-refractivity contribution is -0.116. The molecule has 0 fully saturated rings. The Hall–Kier alpha value is -1.40. The van der Waals surface area contributed by atoms with Gasteiger partial charge < -0.3 is 4.90 Å². The minimum absolute atomic E-state index is 0.103. The molecule has 0 aliphatic carbocycles. The number of nitrogens with zero attached hydrogens (tertiary/aromatic N) is 1. The molecule has 0 heterocycles. The molecule has 0 saturated heterocycles. The minimum Gasteiger partial charge on any atom is -0.311 e. The SMILES string of the molecule is CC(=O)N(CCNS(C)(=O)=O)c1ccccc1C(C)(C)C. The van der Waals surface area contributed by atoms with Crippen molar-refractivity contribution in [3.8, 4) is 0 Å². The molecule has 0 aliphatic heterocycles. The summed E-state index contributed by atoms with van der Waals surface area (Å²) in [4.78, 5) is 13.5. The molecule has 0 radical (unpaired) electrons. The first-order valence-corrected chi connectivity index (χ1v) is 8.74. The molecule has 1 aromatic carbocycles. The number of amides is 1. The highest BCUT2D eigenvalue weighted by molar-refractivity contribution is 7.88. The van der Waals surface area contributed by atoms with Gasteiger partial charge in [0, 0.05) is 25.7 Å². The number of benzene rings is 1. The molecule has 0 aliphatic rings. The van der Waals surface area contributed by atoms with Crippen LogP contribution in [0.15, 0.2) is 24.3 Å². The second-order valence-corrected chi connectivity index (χ2v) is 7.94. The zero-order chi connectivity index (χ0) is 16.3. The van der Waals surface area contributed by atoms with Crippen LogP contribution < -0.4 is 9.62 Å². The van der Waals surface area contributed by atoms with Crippen LogP contribution in [0, 0.1) is 0 Å². The maximum absolute atomic E-state index is 11.9. The molecular formula is C15H24N2O3S. The monoisotopic (exact) mass is 312 g/mol. The summed E-state index contributed by atoms with van der Waals surface area (Å²) in [6.45, 7) is 8.23. The summed E-state index contributed by atoms with van der Waals surface area (Å²) in [7, 11) is -3.25. The van der Waals surface area contributed by atoms with Crippen molar-refractivity contribution >= 4 is 21.6 Å². The Morgan fingerprint density at radius 2 is 1.81 bits per heavy atom. The van der Waals surface area contributed by atoms with Gasteiger partial charge in [0.25, 0.3) is 0 Å². The van der Waals surface area contributed by atoms with E-state index in [0.717, 1.165) is 17.5 Å². The predicted molar refractivity (Wildman–Crippen MR) is 86.0 cm³/mol. The molecule has 6 heteroatoms. The van der Waals surface area contributed by atoms with Gasteiger partial charge in [-0.2, -0.15) is 0 Å². The van der Waals surface area contributed by atoms with E-state index in [4.69, 9.17) is 0 Å². The number of sulfonamides is 1. The molecule has 0 bridgehead atoms. The van der Waals surface area contributed by atoms with Crippen LogP contribution in [-0.2, 0) is 20.2 Å². The van der Waals surface area contributed by atoms with Gasteiger partial charge in [-0.1, -0.05) is 39.0 Å². The molecule has 1 aromatic rings. The van der Waals surface area contributed by atoms with Gasteiger partial charge in [-0.05, 0) is 17.0 Å². The topological polar surface area (TPSA) is 66.5 Å². The van der Waals surface area contributed by atoms with Gasteiger partial charge in [0.2, 0.25) is 15.9 Å². The summed E-state index contributed by atoms with van der Waals surface area (Å²) < 4.78 is 24.7. The smallest absolute Gasteiger partial charge is 0.223 e. The summed E-state index contributed by atoms with van der Waals surface area (Å²) in [5.74, 6) is -0.109. The molecule has 0 aromatic heterocycles. The molecule has 118 valence electrons. The first-order chi connectivity index (χ1) is 9.52. The van der Waals surface area contributed by atoms with Crippen LogP contribution >= 0.6 is 0 Å². The zero-order valence-corrected chi connectivity index (χ0v) is 14.1. The van der Waals surface area contributed by atoms with Gasteiger partial charge in [0.15, 0.2) is 0 Å². The van der Waals surface area contributed by atoms with Gasteiger partial charge in [-0.15, -0.1) is 0 Å². The standard InChI is InChI=1S/C15H24N2O3S/c1-12(18)17(11-10-16-21(5,19)20)14-9-7-6-8-13(14)15(2,3)4/h6-9,16H,10-11H2,1-5H3. The Kier molecular flexibility index (Phi) is 5.53. The van der Waals surface area contributed by atoms with E-state index in [1.165, 1.54) is 6.92 Å². The molecule has 21 heavy (non-hydrogen) atoms. The second-order valence-electron chi connectivity index (χ2n) is 6.10. The molecule has 1 rings (SSSR count). The average Bonchev–Trinajstić information content (AvgIpc) is 2.32. The maximum atomic E-state index is 11.9. The molecule has 5 nitrogen and oxygen atoms in total. The quantitative estimate of drug-likeness (QED) is 0.903. The molecule has 0 unspecified atom stereocenters. The Morgan fingerprint density at radius 1 is 1.24 bits per heavy atom. The third-order valence-electron chi connectivity index (χ3n) is 3.08. The van der Waals surface area contributed by atoms with Gasteiger partial charge in [0.1, 0.15) is 0 Å². The number of carbonyl (C=O) groups excluding carboxylic acids is 1. The van der Waals surface area contributed by atoms with Crippen molar-refractivity contribution < 1.29 is 13.2 Å². The number of hydrogen-bond acceptors (Lipinski definition) is 3. The summed E-state index contributed by atoms with van der Waals surface area (Å²) in [5.41, 5.74) is 1.78. The van der Waals surface area contributed by atoms with Gasteiger partial charge in [-0.25, -0.2) is 13.1 Å². The van der Waals surface area contributed by atoms with E-state index in [-0.39, 0.29) is 17.9 Å². The molecule has 1 N–H and O–H groups in total. The summed E-state index contributed by atoms with van der Waals surface area (Å²) in [6.07, 6.45) is 1.11. The van der Waals surface area contributed by atoms with E-state index < -0.39 is 10.0 Å². The molecule has 0 spiro atoms. The Labute approximate surface area is 127 Å². The number of para-hydroxylation sites is 1. The Balaban J connectivity index is 3.05. The molecule has 1 amide bonds. The van der Waals surface area contributed by atoms with E-state index in [0.29, 0.717) is 6.54 Å². The van der Waals surface area contributed by atoms with Crippen molar-refractivity contribution in [2.45, 2.75) is 33.1 Å². The highest BCUT2D eigenvalue weighted by atomic mass is 32.2. The van der Waals surface area contributed by atoms with Crippen LogP contribution in [0.4, 0.5) is 5.69 Å². The van der Waals surface area contributed by atoms with E-state index in [9.17, 15) is 13.2 Å². The summed E-state index contributed by atoms with van der Waals surface area (Å²) in [5, 5.41) is 0. The second kappa shape index (κ2) is 6.58. The highest BCUT2D eigenvalue weighted by Crippen LogP contribution is 2.31. The molecule has 0 atom stereocenters. The van der Waals surface area contributed by atoms with Crippen molar-refractivity contribution in [1.29, 1.82) is 0 Å². The fourth-order valence-corrected chi connectivity index (χ4v) is 2.60. The predicted octanol–water partition coefficient (Wildman–Crippen LogP) is 1.89. The third kappa shape index (κ3) is 5.47. The fraction of sp³-hybridized carbons (Fsp3) is 0.533. The van der Waals surface area contributed by atoms with Crippen LogP contribution in [0.3, 0.4) is 0 Å². The summed E-state index contributed by atoms with van der Waals surface area (Å²) in [6, 6.07) is 7.71. The number of rotatable bonds is 5. The first kappa shape index (κ1) is 17.7. The zero-order valence-electron chi connectivity index (χ0n) is 13.3. The normalized spacial score (nSPS) is 12.2. The van der Waals surface area contributed by atoms with Gasteiger partial charge in [-0.3, -0.25) is 4.79 Å². The van der Waals surface area contributed by atoms with E-state index in [2.05, 4.69) is 25.5 Å². The van der Waals surface area contributed by atoms with Gasteiger partial charge in [0.05, 0.1) is 6.26 Å². The van der Waals surface area contributed by atoms with Crippen molar-refractivity contribution in [3.05, 3.63) is 29.8 Å². The number of anilines is 1. The highest BCUT2D eigenvalue weighted by Gasteiger charge is 2.22. The lowest BCUT2D eigenvalue weighted by Crippen LogP contribution is -2.38. The van der Waals surface area contributed by atoms with Crippen molar-refractivity contribution in [2.24, 2.45) is 0 Å². The Bertz CT molecular complexity index is 604. The number of nitrogens with one attached hydrogen (secondary N) is 1. The van der Waals surface area contributed by atoms with Crippen molar-refractivity contribution in [3.63, 3.8) is 0 Å². The molecule has 0 saturated carbocycles. The van der Waals surface area contributed by atoms with Gasteiger partial charge >= 0.3 is 0 Å². The largest absolute Gasteiger partial charge is 0.311 e. The van der Waals surface area contributed by atoms with Crippen LogP contribution in [0.25, 0.3) is 0 Å². The fourth-order valence-electron chi connectivity index (χ4n) is 2.13. The van der Waals surface area contributed by atoms with Crippen LogP contribution in [0.2, 0.25) is 0 Å². The average molecular weight is 312 g/mol. The lowest BCUT2D eigenvalue weighted by atomic mass is 9.85. The van der Waals surface area contributed by atoms with Crippen molar-refractivity contribution in [2.75, 3.05) is 24.2 Å². The first-order valence-electron chi connectivity index (χ1n) is 6.84. The van der Waals surface area contributed by atoms with Crippen LogP contribution in [0.1, 0.15) is 33.3 Å². The number of hydrogen-bond donors (Lipinski definition) is 1. The maximum Gasteiger partial charge on any atom is 0.223 e. The van der Waals surface area contributed by atoms with E-state index >= 15 is 0 Å².